The molecule has 1 heterocycles. The minimum atomic E-state index is -0.804. The summed E-state index contributed by atoms with van der Waals surface area (Å²) in [7, 11) is 1.63. The molecular formula is C16H26O4. The van der Waals surface area contributed by atoms with Gasteiger partial charge in [0.2, 0.25) is 0 Å². The second-order valence-corrected chi connectivity index (χ2v) is 7.19. The van der Waals surface area contributed by atoms with Crippen LogP contribution in [0.4, 0.5) is 0 Å². The molecule has 0 bridgehead atoms. The fraction of sp³-hybridized carbons (Fsp3) is 0.875. The third kappa shape index (κ3) is 1.36. The average molecular weight is 282 g/mol. The van der Waals surface area contributed by atoms with E-state index in [1.54, 1.807) is 7.11 Å². The van der Waals surface area contributed by atoms with Crippen molar-refractivity contribution < 1.29 is 19.7 Å². The van der Waals surface area contributed by atoms with E-state index >= 15 is 0 Å². The lowest BCUT2D eigenvalue weighted by Gasteiger charge is -2.48. The first-order valence-electron chi connectivity index (χ1n) is 7.52. The molecule has 3 rings (SSSR count). The van der Waals surface area contributed by atoms with Gasteiger partial charge in [0.05, 0.1) is 24.9 Å². The van der Waals surface area contributed by atoms with E-state index in [-0.39, 0.29) is 24.2 Å². The first-order valence-corrected chi connectivity index (χ1v) is 7.52. The monoisotopic (exact) mass is 282 g/mol. The Morgan fingerprint density at radius 3 is 2.75 bits per heavy atom. The summed E-state index contributed by atoms with van der Waals surface area (Å²) < 4.78 is 11.9. The van der Waals surface area contributed by atoms with E-state index in [9.17, 15) is 10.2 Å². The van der Waals surface area contributed by atoms with Crippen LogP contribution in [0.25, 0.3) is 0 Å². The minimum Gasteiger partial charge on any atom is -0.393 e. The van der Waals surface area contributed by atoms with Gasteiger partial charge in [0.15, 0.2) is 0 Å². The van der Waals surface area contributed by atoms with Crippen LogP contribution >= 0.6 is 0 Å². The summed E-state index contributed by atoms with van der Waals surface area (Å²) in [5.41, 5.74) is -0.131. The Hall–Kier alpha value is -0.420. The van der Waals surface area contributed by atoms with Crippen LogP contribution in [0.15, 0.2) is 11.6 Å². The second kappa shape index (κ2) is 4.29. The van der Waals surface area contributed by atoms with Crippen LogP contribution in [0.2, 0.25) is 0 Å². The van der Waals surface area contributed by atoms with Crippen molar-refractivity contribution in [1.29, 1.82) is 0 Å². The van der Waals surface area contributed by atoms with Crippen LogP contribution in [-0.4, -0.2) is 47.8 Å². The molecule has 0 radical (unpaired) electrons. The van der Waals surface area contributed by atoms with E-state index in [2.05, 4.69) is 26.8 Å². The molecule has 6 atom stereocenters. The zero-order valence-electron chi connectivity index (χ0n) is 12.8. The van der Waals surface area contributed by atoms with Crippen molar-refractivity contribution in [3.8, 4) is 0 Å². The molecule has 3 aliphatic rings. The molecule has 0 aromatic carbocycles. The maximum atomic E-state index is 10.7. The van der Waals surface area contributed by atoms with Crippen molar-refractivity contribution in [1.82, 2.24) is 0 Å². The Balaban J connectivity index is 2.15. The minimum absolute atomic E-state index is 0.0546. The van der Waals surface area contributed by atoms with Crippen molar-refractivity contribution in [3.63, 3.8) is 0 Å². The first-order chi connectivity index (χ1) is 9.35. The molecular weight excluding hydrogens is 256 g/mol. The van der Waals surface area contributed by atoms with Crippen LogP contribution < -0.4 is 0 Å². The number of aliphatic hydroxyl groups excluding tert-OH is 2. The molecule has 114 valence electrons. The standard InChI is InChI=1S/C16H26O4/c1-10-5-6-14(2)12(7-10)20-16(9-17)13(19-4)8-11(18)15(14,16)3/h7,11-13,17-18H,5-6,8-9H2,1-4H3. The number of fused-ring (bicyclic) bond motifs is 3. The summed E-state index contributed by atoms with van der Waals surface area (Å²) in [5.74, 6) is 0. The van der Waals surface area contributed by atoms with Gasteiger partial charge in [-0.05, 0) is 19.8 Å². The molecule has 6 unspecified atom stereocenters. The molecule has 0 amide bonds. The van der Waals surface area contributed by atoms with E-state index in [0.29, 0.717) is 6.42 Å². The highest BCUT2D eigenvalue weighted by atomic mass is 16.6. The first kappa shape index (κ1) is 14.5. The molecule has 2 N–H and O–H groups in total. The molecule has 2 aliphatic carbocycles. The SMILES string of the molecule is COC1CC(O)C2(C)C3(C)CCC(C)=CC3OC12CO. The third-order valence-corrected chi connectivity index (χ3v) is 6.65. The van der Waals surface area contributed by atoms with Crippen LogP contribution in [0.5, 0.6) is 0 Å². The van der Waals surface area contributed by atoms with Gasteiger partial charge in [-0.2, -0.15) is 0 Å². The quantitative estimate of drug-likeness (QED) is 0.756. The lowest BCUT2D eigenvalue weighted by Crippen LogP contribution is -2.57. The van der Waals surface area contributed by atoms with E-state index in [1.165, 1.54) is 5.57 Å². The Morgan fingerprint density at radius 1 is 1.45 bits per heavy atom. The van der Waals surface area contributed by atoms with E-state index in [4.69, 9.17) is 9.47 Å². The molecule has 4 nitrogen and oxygen atoms in total. The lowest BCUT2D eigenvalue weighted by atomic mass is 9.54. The average Bonchev–Trinajstić information content (AvgIpc) is 2.77. The van der Waals surface area contributed by atoms with Gasteiger partial charge < -0.3 is 19.7 Å². The summed E-state index contributed by atoms with van der Waals surface area (Å²) in [6.45, 7) is 6.27. The highest BCUT2D eigenvalue weighted by Gasteiger charge is 2.76. The van der Waals surface area contributed by atoms with E-state index < -0.39 is 17.1 Å². The van der Waals surface area contributed by atoms with Gasteiger partial charge in [-0.15, -0.1) is 0 Å². The van der Waals surface area contributed by atoms with Gasteiger partial charge >= 0.3 is 0 Å². The predicted molar refractivity (Wildman–Crippen MR) is 75.3 cm³/mol. The molecule has 1 aliphatic heterocycles. The normalized spacial score (nSPS) is 54.5. The highest BCUT2D eigenvalue weighted by Crippen LogP contribution is 2.68. The zero-order chi connectivity index (χ0) is 14.8. The molecule has 0 aromatic heterocycles. The summed E-state index contributed by atoms with van der Waals surface area (Å²) >= 11 is 0. The van der Waals surface area contributed by atoms with E-state index in [1.807, 2.05) is 0 Å². The van der Waals surface area contributed by atoms with Gasteiger partial charge in [0, 0.05) is 24.4 Å². The molecule has 20 heavy (non-hydrogen) atoms. The topological polar surface area (TPSA) is 58.9 Å². The number of rotatable bonds is 2. The lowest BCUT2D eigenvalue weighted by molar-refractivity contribution is -0.161. The number of hydrogen-bond donors (Lipinski definition) is 2. The van der Waals surface area contributed by atoms with E-state index in [0.717, 1.165) is 12.8 Å². The molecule has 0 spiro atoms. The number of allylic oxidation sites excluding steroid dienone is 1. The Morgan fingerprint density at radius 2 is 2.15 bits per heavy atom. The summed E-state index contributed by atoms with van der Waals surface area (Å²) in [4.78, 5) is 0. The molecule has 1 saturated carbocycles. The van der Waals surface area contributed by atoms with Crippen LogP contribution in [0, 0.1) is 10.8 Å². The number of methoxy groups -OCH3 is 1. The maximum absolute atomic E-state index is 10.7. The fourth-order valence-electron chi connectivity index (χ4n) is 4.97. The van der Waals surface area contributed by atoms with Crippen molar-refractivity contribution in [3.05, 3.63) is 11.6 Å². The van der Waals surface area contributed by atoms with Crippen LogP contribution in [0.1, 0.15) is 40.0 Å². The van der Waals surface area contributed by atoms with Gasteiger partial charge in [-0.25, -0.2) is 0 Å². The highest BCUT2D eigenvalue weighted by molar-refractivity contribution is 5.29. The summed E-state index contributed by atoms with van der Waals surface area (Å²) in [5, 5.41) is 20.8. The van der Waals surface area contributed by atoms with Crippen molar-refractivity contribution in [2.24, 2.45) is 10.8 Å². The van der Waals surface area contributed by atoms with Crippen LogP contribution in [-0.2, 0) is 9.47 Å². The number of aliphatic hydroxyl groups is 2. The Kier molecular flexibility index (Phi) is 3.11. The van der Waals surface area contributed by atoms with Crippen molar-refractivity contribution in [2.75, 3.05) is 13.7 Å². The van der Waals surface area contributed by atoms with Crippen molar-refractivity contribution >= 4 is 0 Å². The number of hydrogen-bond acceptors (Lipinski definition) is 4. The molecule has 0 aromatic rings. The number of ether oxygens (including phenoxy) is 2. The van der Waals surface area contributed by atoms with Crippen molar-refractivity contribution in [2.45, 2.75) is 63.9 Å². The summed E-state index contributed by atoms with van der Waals surface area (Å²) in [6.07, 6.45) is 3.87. The molecule has 1 saturated heterocycles. The smallest absolute Gasteiger partial charge is 0.126 e. The predicted octanol–water partition coefficient (Wildman–Crippen LogP) is 1.65. The second-order valence-electron chi connectivity index (χ2n) is 7.19. The third-order valence-electron chi connectivity index (χ3n) is 6.65. The summed E-state index contributed by atoms with van der Waals surface area (Å²) in [6, 6.07) is 0. The maximum Gasteiger partial charge on any atom is 0.126 e. The zero-order valence-corrected chi connectivity index (χ0v) is 12.8. The molecule has 2 fully saturated rings. The van der Waals surface area contributed by atoms with Gasteiger partial charge in [-0.1, -0.05) is 25.5 Å². The van der Waals surface area contributed by atoms with Crippen LogP contribution in [0.3, 0.4) is 0 Å². The fourth-order valence-corrected chi connectivity index (χ4v) is 4.97. The Bertz CT molecular complexity index is 448. The largest absolute Gasteiger partial charge is 0.393 e. The Labute approximate surface area is 120 Å². The van der Waals surface area contributed by atoms with Gasteiger partial charge in [0.25, 0.3) is 0 Å². The van der Waals surface area contributed by atoms with Gasteiger partial charge in [0.1, 0.15) is 5.60 Å². The molecule has 4 heteroatoms. The van der Waals surface area contributed by atoms with Gasteiger partial charge in [-0.3, -0.25) is 0 Å².